The van der Waals surface area contributed by atoms with E-state index in [4.69, 9.17) is 5.73 Å². The molecule has 3 aromatic rings. The number of aromatic nitrogens is 4. The van der Waals surface area contributed by atoms with Crippen molar-refractivity contribution in [2.45, 2.75) is 0 Å². The van der Waals surface area contributed by atoms with Gasteiger partial charge in [0.15, 0.2) is 10.8 Å². The number of thiazole rings is 1. The maximum absolute atomic E-state index is 5.62. The second-order valence-electron chi connectivity index (χ2n) is 3.02. The Bertz CT molecular complexity index is 597. The molecule has 0 aromatic carbocycles. The minimum absolute atomic E-state index is 0.527. The number of aromatic amines is 1. The average molecular weight is 217 g/mol. The Hall–Kier alpha value is -1.95. The largest absolute Gasteiger partial charge is 0.375 e. The topological polar surface area (TPSA) is 80.5 Å². The zero-order valence-electron chi connectivity index (χ0n) is 7.64. The Kier molecular flexibility index (Phi) is 1.69. The van der Waals surface area contributed by atoms with Crippen LogP contribution in [0.3, 0.4) is 0 Å². The van der Waals surface area contributed by atoms with E-state index in [1.807, 2.05) is 18.2 Å². The van der Waals surface area contributed by atoms with Crippen molar-refractivity contribution in [2.75, 3.05) is 5.73 Å². The summed E-state index contributed by atoms with van der Waals surface area (Å²) in [5.74, 6) is 0. The van der Waals surface area contributed by atoms with E-state index < -0.39 is 0 Å². The molecule has 15 heavy (non-hydrogen) atoms. The Balaban J connectivity index is 2.27. The van der Waals surface area contributed by atoms with E-state index in [9.17, 15) is 0 Å². The number of nitrogens with zero attached hydrogens (tertiary/aromatic N) is 3. The third kappa shape index (κ3) is 1.26. The van der Waals surface area contributed by atoms with Gasteiger partial charge in [-0.05, 0) is 12.1 Å². The molecule has 3 aromatic heterocycles. The molecule has 3 heterocycles. The van der Waals surface area contributed by atoms with Crippen LogP contribution in [0.1, 0.15) is 0 Å². The molecule has 0 fully saturated rings. The highest BCUT2D eigenvalue weighted by Crippen LogP contribution is 2.30. The van der Waals surface area contributed by atoms with Gasteiger partial charge in [0, 0.05) is 6.20 Å². The number of hydrogen-bond donors (Lipinski definition) is 2. The second kappa shape index (κ2) is 3.03. The maximum atomic E-state index is 5.62. The van der Waals surface area contributed by atoms with Gasteiger partial charge in [-0.2, -0.15) is 10.1 Å². The van der Waals surface area contributed by atoms with Crippen LogP contribution >= 0.6 is 11.3 Å². The Morgan fingerprint density at radius 2 is 2.27 bits per heavy atom. The van der Waals surface area contributed by atoms with Crippen molar-refractivity contribution in [3.05, 3.63) is 24.4 Å². The highest BCUT2D eigenvalue weighted by atomic mass is 32.1. The van der Waals surface area contributed by atoms with Crippen molar-refractivity contribution in [3.8, 4) is 11.4 Å². The van der Waals surface area contributed by atoms with Gasteiger partial charge in [-0.3, -0.25) is 10.1 Å². The summed E-state index contributed by atoms with van der Waals surface area (Å²) >= 11 is 1.41. The molecule has 0 radical (unpaired) electrons. The van der Waals surface area contributed by atoms with Gasteiger partial charge >= 0.3 is 0 Å². The Labute approximate surface area is 89.0 Å². The SMILES string of the molecule is Nc1nc2n[nH]c(-c3ccccn3)c2s1. The molecule has 0 bridgehead atoms. The van der Waals surface area contributed by atoms with E-state index in [0.717, 1.165) is 16.1 Å². The van der Waals surface area contributed by atoms with Crippen LogP contribution in [0.2, 0.25) is 0 Å². The minimum atomic E-state index is 0.527. The first kappa shape index (κ1) is 8.37. The van der Waals surface area contributed by atoms with Crippen molar-refractivity contribution in [3.63, 3.8) is 0 Å². The number of rotatable bonds is 1. The third-order valence-electron chi connectivity index (χ3n) is 2.05. The van der Waals surface area contributed by atoms with Crippen molar-refractivity contribution < 1.29 is 0 Å². The number of hydrogen-bond acceptors (Lipinski definition) is 5. The summed E-state index contributed by atoms with van der Waals surface area (Å²) in [4.78, 5) is 8.33. The molecule has 5 nitrogen and oxygen atoms in total. The van der Waals surface area contributed by atoms with Crippen LogP contribution < -0.4 is 5.73 Å². The number of nitrogen functional groups attached to an aromatic ring is 1. The van der Waals surface area contributed by atoms with Crippen LogP contribution in [-0.4, -0.2) is 20.2 Å². The molecular weight excluding hydrogens is 210 g/mol. The van der Waals surface area contributed by atoms with Crippen molar-refractivity contribution >= 4 is 26.8 Å². The first-order chi connectivity index (χ1) is 7.34. The highest BCUT2D eigenvalue weighted by Gasteiger charge is 2.12. The lowest BCUT2D eigenvalue weighted by atomic mass is 10.3. The molecule has 0 aliphatic carbocycles. The van der Waals surface area contributed by atoms with Gasteiger partial charge in [0.1, 0.15) is 10.4 Å². The molecule has 74 valence electrons. The molecule has 3 N–H and O–H groups in total. The summed E-state index contributed by atoms with van der Waals surface area (Å²) < 4.78 is 0.950. The zero-order valence-corrected chi connectivity index (χ0v) is 8.45. The summed E-state index contributed by atoms with van der Waals surface area (Å²) in [5.41, 5.74) is 7.99. The van der Waals surface area contributed by atoms with Crippen LogP contribution in [-0.2, 0) is 0 Å². The van der Waals surface area contributed by atoms with Crippen LogP contribution in [0, 0.1) is 0 Å². The Morgan fingerprint density at radius 1 is 1.33 bits per heavy atom. The molecule has 0 aliphatic rings. The van der Waals surface area contributed by atoms with E-state index in [2.05, 4.69) is 20.2 Å². The normalized spacial score (nSPS) is 10.9. The molecule has 0 saturated heterocycles. The fourth-order valence-electron chi connectivity index (χ4n) is 1.41. The van der Waals surface area contributed by atoms with Gasteiger partial charge in [0.25, 0.3) is 0 Å². The lowest BCUT2D eigenvalue weighted by Crippen LogP contribution is -1.83. The predicted molar refractivity (Wildman–Crippen MR) is 59.4 cm³/mol. The zero-order chi connectivity index (χ0) is 10.3. The van der Waals surface area contributed by atoms with E-state index in [1.54, 1.807) is 6.20 Å². The summed E-state index contributed by atoms with van der Waals surface area (Å²) in [5, 5.41) is 7.51. The minimum Gasteiger partial charge on any atom is -0.375 e. The van der Waals surface area contributed by atoms with Crippen molar-refractivity contribution in [1.82, 2.24) is 20.2 Å². The van der Waals surface area contributed by atoms with E-state index in [1.165, 1.54) is 11.3 Å². The van der Waals surface area contributed by atoms with Crippen LogP contribution in [0.5, 0.6) is 0 Å². The van der Waals surface area contributed by atoms with Gasteiger partial charge < -0.3 is 5.73 Å². The average Bonchev–Trinajstić information content (AvgIpc) is 2.77. The van der Waals surface area contributed by atoms with Gasteiger partial charge in [0.05, 0.1) is 5.69 Å². The number of H-pyrrole nitrogens is 1. The number of nitrogens with two attached hydrogens (primary N) is 1. The predicted octanol–water partition coefficient (Wildman–Crippen LogP) is 1.66. The van der Waals surface area contributed by atoms with Crippen molar-refractivity contribution in [2.24, 2.45) is 0 Å². The first-order valence-corrected chi connectivity index (χ1v) is 5.18. The molecule has 0 saturated carbocycles. The number of anilines is 1. The summed E-state index contributed by atoms with van der Waals surface area (Å²) in [6.45, 7) is 0. The second-order valence-corrected chi connectivity index (χ2v) is 4.05. The number of pyridine rings is 1. The smallest absolute Gasteiger partial charge is 0.194 e. The number of fused-ring (bicyclic) bond motifs is 1. The van der Waals surface area contributed by atoms with Crippen molar-refractivity contribution in [1.29, 1.82) is 0 Å². The van der Waals surface area contributed by atoms with Gasteiger partial charge in [-0.1, -0.05) is 17.4 Å². The summed E-state index contributed by atoms with van der Waals surface area (Å²) in [6.07, 6.45) is 1.74. The summed E-state index contributed by atoms with van der Waals surface area (Å²) in [6, 6.07) is 5.72. The summed E-state index contributed by atoms with van der Waals surface area (Å²) in [7, 11) is 0. The third-order valence-corrected chi connectivity index (χ3v) is 2.94. The monoisotopic (exact) mass is 217 g/mol. The molecule has 0 aliphatic heterocycles. The van der Waals surface area contributed by atoms with Crippen LogP contribution in [0.25, 0.3) is 21.7 Å². The highest BCUT2D eigenvalue weighted by molar-refractivity contribution is 7.22. The standard InChI is InChI=1S/C9H7N5S/c10-9-12-8-7(15-9)6(13-14-8)5-3-1-2-4-11-5/h1-4H,(H3,10,12,13,14). The fourth-order valence-corrected chi connectivity index (χ4v) is 2.19. The molecule has 0 atom stereocenters. The van der Waals surface area contributed by atoms with E-state index in [-0.39, 0.29) is 0 Å². The van der Waals surface area contributed by atoms with E-state index in [0.29, 0.717) is 10.8 Å². The maximum Gasteiger partial charge on any atom is 0.194 e. The van der Waals surface area contributed by atoms with Gasteiger partial charge in [-0.15, -0.1) is 0 Å². The van der Waals surface area contributed by atoms with Gasteiger partial charge in [-0.25, -0.2) is 0 Å². The lowest BCUT2D eigenvalue weighted by molar-refractivity contribution is 1.09. The quantitative estimate of drug-likeness (QED) is 0.649. The van der Waals surface area contributed by atoms with Crippen LogP contribution in [0.4, 0.5) is 5.13 Å². The molecular formula is C9H7N5S. The van der Waals surface area contributed by atoms with Gasteiger partial charge in [0.2, 0.25) is 0 Å². The molecule has 0 unspecified atom stereocenters. The molecule has 3 rings (SSSR count). The molecule has 6 heteroatoms. The molecule has 0 amide bonds. The van der Waals surface area contributed by atoms with E-state index >= 15 is 0 Å². The number of nitrogens with one attached hydrogen (secondary N) is 1. The molecule has 0 spiro atoms. The first-order valence-electron chi connectivity index (χ1n) is 4.36. The van der Waals surface area contributed by atoms with Crippen LogP contribution in [0.15, 0.2) is 24.4 Å². The fraction of sp³-hybridized carbons (Fsp3) is 0. The lowest BCUT2D eigenvalue weighted by Gasteiger charge is -1.93. The Morgan fingerprint density at radius 3 is 3.07 bits per heavy atom.